The van der Waals surface area contributed by atoms with Crippen LogP contribution in [0.4, 0.5) is 0 Å². The van der Waals surface area contributed by atoms with Crippen molar-refractivity contribution in [2.45, 2.75) is 13.3 Å². The van der Waals surface area contributed by atoms with Crippen LogP contribution in [0, 0.1) is 0 Å². The zero-order valence-corrected chi connectivity index (χ0v) is 6.80. The van der Waals surface area contributed by atoms with E-state index in [1.807, 2.05) is 24.4 Å². The van der Waals surface area contributed by atoms with E-state index < -0.39 is 0 Å². The fourth-order valence-electron chi connectivity index (χ4n) is 1.07. The van der Waals surface area contributed by atoms with E-state index in [1.54, 1.807) is 0 Å². The molecule has 1 nitrogen and oxygen atoms in total. The monoisotopic (exact) mass is 147 g/mol. The first-order valence-electron chi connectivity index (χ1n) is 3.83. The van der Waals surface area contributed by atoms with E-state index in [-0.39, 0.29) is 0 Å². The van der Waals surface area contributed by atoms with Crippen molar-refractivity contribution in [3.05, 3.63) is 42.8 Å². The van der Waals surface area contributed by atoms with E-state index in [0.717, 1.165) is 6.42 Å². The second kappa shape index (κ2) is 3.81. The molecule has 0 amide bonds. The standard InChI is InChI=1S/C10H13N/c1-3-6-9(4-2)10-7-5-8-11-10/h3,5-8,11H,1,4H2,2H3. The van der Waals surface area contributed by atoms with Crippen molar-refractivity contribution >= 4 is 5.57 Å². The molecule has 0 saturated carbocycles. The van der Waals surface area contributed by atoms with E-state index in [0.29, 0.717) is 0 Å². The molecule has 0 fully saturated rings. The van der Waals surface area contributed by atoms with E-state index >= 15 is 0 Å². The molecular formula is C10H13N. The van der Waals surface area contributed by atoms with Gasteiger partial charge in [0.25, 0.3) is 0 Å². The van der Waals surface area contributed by atoms with E-state index in [4.69, 9.17) is 0 Å². The molecule has 0 radical (unpaired) electrons. The normalized spacial score (nSPS) is 11.5. The number of hydrogen-bond acceptors (Lipinski definition) is 0. The van der Waals surface area contributed by atoms with Crippen LogP contribution in [0.25, 0.3) is 5.57 Å². The molecule has 0 aliphatic heterocycles. The summed E-state index contributed by atoms with van der Waals surface area (Å²) in [7, 11) is 0. The average molecular weight is 147 g/mol. The largest absolute Gasteiger partial charge is 0.361 e. The Hall–Kier alpha value is -1.24. The van der Waals surface area contributed by atoms with Crippen LogP contribution in [-0.4, -0.2) is 4.98 Å². The zero-order chi connectivity index (χ0) is 8.10. The predicted molar refractivity (Wildman–Crippen MR) is 49.3 cm³/mol. The van der Waals surface area contributed by atoms with Crippen molar-refractivity contribution < 1.29 is 0 Å². The summed E-state index contributed by atoms with van der Waals surface area (Å²) < 4.78 is 0. The summed E-state index contributed by atoms with van der Waals surface area (Å²) in [5.74, 6) is 0. The van der Waals surface area contributed by atoms with Crippen LogP contribution in [0.5, 0.6) is 0 Å². The van der Waals surface area contributed by atoms with Crippen LogP contribution < -0.4 is 0 Å². The van der Waals surface area contributed by atoms with Crippen molar-refractivity contribution in [3.63, 3.8) is 0 Å². The zero-order valence-electron chi connectivity index (χ0n) is 6.80. The van der Waals surface area contributed by atoms with Gasteiger partial charge >= 0.3 is 0 Å². The highest BCUT2D eigenvalue weighted by Crippen LogP contribution is 2.14. The number of aromatic amines is 1. The van der Waals surface area contributed by atoms with Gasteiger partial charge in [-0.3, -0.25) is 0 Å². The van der Waals surface area contributed by atoms with Gasteiger partial charge in [-0.15, -0.1) is 0 Å². The van der Waals surface area contributed by atoms with Crippen LogP contribution in [0.1, 0.15) is 19.0 Å². The van der Waals surface area contributed by atoms with Crippen molar-refractivity contribution in [1.29, 1.82) is 0 Å². The molecule has 1 aromatic heterocycles. The maximum Gasteiger partial charge on any atom is 0.0412 e. The Morgan fingerprint density at radius 1 is 1.73 bits per heavy atom. The van der Waals surface area contributed by atoms with Gasteiger partial charge in [-0.1, -0.05) is 25.7 Å². The van der Waals surface area contributed by atoms with Gasteiger partial charge < -0.3 is 4.98 Å². The van der Waals surface area contributed by atoms with E-state index in [2.05, 4.69) is 24.6 Å². The Morgan fingerprint density at radius 3 is 3.00 bits per heavy atom. The quantitative estimate of drug-likeness (QED) is 0.632. The number of aromatic nitrogens is 1. The second-order valence-corrected chi connectivity index (χ2v) is 2.36. The van der Waals surface area contributed by atoms with Gasteiger partial charge in [0.15, 0.2) is 0 Å². The summed E-state index contributed by atoms with van der Waals surface area (Å²) in [5, 5.41) is 0. The molecule has 1 heteroatoms. The molecule has 0 aliphatic carbocycles. The number of nitrogens with one attached hydrogen (secondary N) is 1. The summed E-state index contributed by atoms with van der Waals surface area (Å²) in [6.45, 7) is 5.80. The third-order valence-electron chi connectivity index (χ3n) is 1.64. The molecule has 0 aromatic carbocycles. The van der Waals surface area contributed by atoms with Gasteiger partial charge in [-0.2, -0.15) is 0 Å². The fraction of sp³-hybridized carbons (Fsp3) is 0.200. The Bertz CT molecular complexity index is 242. The first kappa shape index (κ1) is 7.86. The average Bonchev–Trinajstić information content (AvgIpc) is 2.52. The smallest absolute Gasteiger partial charge is 0.0412 e. The maximum absolute atomic E-state index is 3.67. The lowest BCUT2D eigenvalue weighted by Gasteiger charge is -1.98. The van der Waals surface area contributed by atoms with Gasteiger partial charge in [-0.05, 0) is 24.1 Å². The molecule has 0 saturated heterocycles. The molecule has 0 aliphatic rings. The third-order valence-corrected chi connectivity index (χ3v) is 1.64. The molecule has 1 N–H and O–H groups in total. The van der Waals surface area contributed by atoms with Crippen LogP contribution >= 0.6 is 0 Å². The molecule has 0 spiro atoms. The van der Waals surface area contributed by atoms with Gasteiger partial charge in [0, 0.05) is 11.9 Å². The van der Waals surface area contributed by atoms with E-state index in [9.17, 15) is 0 Å². The molecule has 1 heterocycles. The van der Waals surface area contributed by atoms with Gasteiger partial charge in [0.2, 0.25) is 0 Å². The second-order valence-electron chi connectivity index (χ2n) is 2.36. The number of H-pyrrole nitrogens is 1. The molecule has 1 aromatic rings. The van der Waals surface area contributed by atoms with Gasteiger partial charge in [-0.25, -0.2) is 0 Å². The topological polar surface area (TPSA) is 15.8 Å². The molecule has 0 unspecified atom stereocenters. The lowest BCUT2D eigenvalue weighted by Crippen LogP contribution is -1.80. The summed E-state index contributed by atoms with van der Waals surface area (Å²) in [4.78, 5) is 3.16. The lowest BCUT2D eigenvalue weighted by atomic mass is 10.1. The molecule has 58 valence electrons. The van der Waals surface area contributed by atoms with Crippen LogP contribution in [0.3, 0.4) is 0 Å². The summed E-state index contributed by atoms with van der Waals surface area (Å²) >= 11 is 0. The van der Waals surface area contributed by atoms with Crippen molar-refractivity contribution in [1.82, 2.24) is 4.98 Å². The number of hydrogen-bond donors (Lipinski definition) is 1. The highest BCUT2D eigenvalue weighted by atomic mass is 14.7. The van der Waals surface area contributed by atoms with E-state index in [1.165, 1.54) is 11.3 Å². The Kier molecular flexibility index (Phi) is 2.73. The Labute approximate surface area is 67.5 Å². The summed E-state index contributed by atoms with van der Waals surface area (Å²) in [5.41, 5.74) is 2.48. The third kappa shape index (κ3) is 1.84. The molecule has 0 bridgehead atoms. The maximum atomic E-state index is 3.67. The minimum atomic E-state index is 1.03. The summed E-state index contributed by atoms with van der Waals surface area (Å²) in [6, 6.07) is 4.07. The van der Waals surface area contributed by atoms with Crippen LogP contribution in [0.2, 0.25) is 0 Å². The highest BCUT2D eigenvalue weighted by Gasteiger charge is 1.95. The minimum Gasteiger partial charge on any atom is -0.361 e. The summed E-state index contributed by atoms with van der Waals surface area (Å²) in [6.07, 6.45) is 6.82. The van der Waals surface area contributed by atoms with Gasteiger partial charge in [0.1, 0.15) is 0 Å². The van der Waals surface area contributed by atoms with Crippen molar-refractivity contribution in [2.75, 3.05) is 0 Å². The minimum absolute atomic E-state index is 1.03. The predicted octanol–water partition coefficient (Wildman–Crippen LogP) is 2.99. The number of rotatable bonds is 3. The van der Waals surface area contributed by atoms with Gasteiger partial charge in [0.05, 0.1) is 0 Å². The molecule has 11 heavy (non-hydrogen) atoms. The SMILES string of the molecule is C=CC=C(CC)c1ccc[nH]1. The first-order valence-corrected chi connectivity index (χ1v) is 3.83. The Morgan fingerprint density at radius 2 is 2.55 bits per heavy atom. The van der Waals surface area contributed by atoms with Crippen LogP contribution in [0.15, 0.2) is 37.1 Å². The molecular weight excluding hydrogens is 134 g/mol. The van der Waals surface area contributed by atoms with Crippen molar-refractivity contribution in [3.8, 4) is 0 Å². The van der Waals surface area contributed by atoms with Crippen LogP contribution in [-0.2, 0) is 0 Å². The first-order chi connectivity index (χ1) is 5.38. The number of allylic oxidation sites excluding steroid dienone is 3. The highest BCUT2D eigenvalue weighted by molar-refractivity contribution is 5.63. The Balaban J connectivity index is 2.88. The fourth-order valence-corrected chi connectivity index (χ4v) is 1.07. The lowest BCUT2D eigenvalue weighted by molar-refractivity contribution is 1.20. The molecule has 1 rings (SSSR count). The van der Waals surface area contributed by atoms with Crippen molar-refractivity contribution in [2.24, 2.45) is 0 Å². The molecule has 0 atom stereocenters.